The Morgan fingerprint density at radius 3 is 2.78 bits per heavy atom. The Balaban J connectivity index is 2.19. The van der Waals surface area contributed by atoms with Gasteiger partial charge in [0.2, 0.25) is 5.91 Å². The number of benzene rings is 1. The molecule has 4 heteroatoms. The van der Waals surface area contributed by atoms with Crippen molar-refractivity contribution in [2.24, 2.45) is 0 Å². The standard InChI is InChI=1S/C14H23N3O/c1-3-11(2)17-14(18)8-9-16-10-12-6-4-5-7-13(12)15/h4-7,11,16H,3,8-10,15H2,1-2H3,(H,17,18). The number of nitrogens with two attached hydrogens (primary N) is 1. The Morgan fingerprint density at radius 1 is 1.39 bits per heavy atom. The first-order valence-electron chi connectivity index (χ1n) is 6.47. The van der Waals surface area contributed by atoms with Gasteiger partial charge in [0.25, 0.3) is 0 Å². The van der Waals surface area contributed by atoms with E-state index in [1.807, 2.05) is 31.2 Å². The van der Waals surface area contributed by atoms with Crippen molar-refractivity contribution in [3.05, 3.63) is 29.8 Å². The van der Waals surface area contributed by atoms with Crippen LogP contribution in [0.4, 0.5) is 5.69 Å². The van der Waals surface area contributed by atoms with Gasteiger partial charge in [-0.2, -0.15) is 0 Å². The van der Waals surface area contributed by atoms with Crippen LogP contribution < -0.4 is 16.4 Å². The minimum absolute atomic E-state index is 0.0953. The average molecular weight is 249 g/mol. The van der Waals surface area contributed by atoms with Gasteiger partial charge in [-0.25, -0.2) is 0 Å². The van der Waals surface area contributed by atoms with E-state index < -0.39 is 0 Å². The lowest BCUT2D eigenvalue weighted by Crippen LogP contribution is -2.33. The molecule has 1 aromatic rings. The van der Waals surface area contributed by atoms with Gasteiger partial charge in [0.15, 0.2) is 0 Å². The first-order chi connectivity index (χ1) is 8.63. The number of amides is 1. The molecule has 0 fully saturated rings. The molecule has 0 bridgehead atoms. The second-order valence-electron chi connectivity index (χ2n) is 4.50. The molecule has 0 spiro atoms. The van der Waals surface area contributed by atoms with E-state index in [4.69, 9.17) is 5.73 Å². The van der Waals surface area contributed by atoms with Gasteiger partial charge in [0, 0.05) is 31.2 Å². The molecule has 4 N–H and O–H groups in total. The predicted molar refractivity (Wildman–Crippen MR) is 75.1 cm³/mol. The summed E-state index contributed by atoms with van der Waals surface area (Å²) in [7, 11) is 0. The number of nitrogens with one attached hydrogen (secondary N) is 2. The lowest BCUT2D eigenvalue weighted by atomic mass is 10.2. The number of hydrogen-bond acceptors (Lipinski definition) is 3. The van der Waals surface area contributed by atoms with Crippen LogP contribution in [0.2, 0.25) is 0 Å². The molecule has 0 saturated carbocycles. The van der Waals surface area contributed by atoms with Crippen molar-refractivity contribution in [1.29, 1.82) is 0 Å². The second-order valence-corrected chi connectivity index (χ2v) is 4.50. The SMILES string of the molecule is CCC(C)NC(=O)CCNCc1ccccc1N. The Kier molecular flexibility index (Phi) is 6.22. The smallest absolute Gasteiger partial charge is 0.221 e. The highest BCUT2D eigenvalue weighted by molar-refractivity contribution is 5.76. The molecule has 0 aromatic heterocycles. The fourth-order valence-electron chi connectivity index (χ4n) is 1.57. The van der Waals surface area contributed by atoms with E-state index in [0.29, 0.717) is 19.5 Å². The summed E-state index contributed by atoms with van der Waals surface area (Å²) in [5, 5.41) is 6.16. The third-order valence-corrected chi connectivity index (χ3v) is 2.92. The molecule has 1 aromatic carbocycles. The quantitative estimate of drug-likeness (QED) is 0.508. The highest BCUT2D eigenvalue weighted by Gasteiger charge is 2.04. The first-order valence-corrected chi connectivity index (χ1v) is 6.47. The Labute approximate surface area is 109 Å². The molecule has 0 aliphatic heterocycles. The summed E-state index contributed by atoms with van der Waals surface area (Å²) in [4.78, 5) is 11.5. The molecular weight excluding hydrogens is 226 g/mol. The Morgan fingerprint density at radius 2 is 2.11 bits per heavy atom. The van der Waals surface area contributed by atoms with E-state index in [9.17, 15) is 4.79 Å². The van der Waals surface area contributed by atoms with Crippen molar-refractivity contribution >= 4 is 11.6 Å². The topological polar surface area (TPSA) is 67.2 Å². The summed E-state index contributed by atoms with van der Waals surface area (Å²) in [6.07, 6.45) is 1.46. The van der Waals surface area contributed by atoms with Crippen LogP contribution >= 0.6 is 0 Å². The number of hydrogen-bond donors (Lipinski definition) is 3. The van der Waals surface area contributed by atoms with Crippen molar-refractivity contribution < 1.29 is 4.79 Å². The largest absolute Gasteiger partial charge is 0.398 e. The zero-order chi connectivity index (χ0) is 13.4. The summed E-state index contributed by atoms with van der Waals surface area (Å²) >= 11 is 0. The van der Waals surface area contributed by atoms with E-state index >= 15 is 0 Å². The minimum atomic E-state index is 0.0953. The number of carbonyl (C=O) groups is 1. The number of rotatable bonds is 7. The highest BCUT2D eigenvalue weighted by atomic mass is 16.1. The van der Waals surface area contributed by atoms with Crippen LogP contribution in [0.5, 0.6) is 0 Å². The maximum Gasteiger partial charge on any atom is 0.221 e. The van der Waals surface area contributed by atoms with Crippen LogP contribution in [0.3, 0.4) is 0 Å². The molecule has 1 unspecified atom stereocenters. The fourth-order valence-corrected chi connectivity index (χ4v) is 1.57. The van der Waals surface area contributed by atoms with Gasteiger partial charge in [-0.1, -0.05) is 25.1 Å². The molecule has 100 valence electrons. The normalized spacial score (nSPS) is 12.1. The van der Waals surface area contributed by atoms with Gasteiger partial charge in [0.05, 0.1) is 0 Å². The molecule has 4 nitrogen and oxygen atoms in total. The van der Waals surface area contributed by atoms with Crippen LogP contribution in [-0.4, -0.2) is 18.5 Å². The number of para-hydroxylation sites is 1. The minimum Gasteiger partial charge on any atom is -0.398 e. The zero-order valence-corrected chi connectivity index (χ0v) is 11.2. The molecular formula is C14H23N3O. The molecule has 0 heterocycles. The van der Waals surface area contributed by atoms with E-state index in [1.54, 1.807) is 0 Å². The lowest BCUT2D eigenvalue weighted by molar-refractivity contribution is -0.121. The van der Waals surface area contributed by atoms with Crippen molar-refractivity contribution in [1.82, 2.24) is 10.6 Å². The van der Waals surface area contributed by atoms with Crippen LogP contribution in [0, 0.1) is 0 Å². The van der Waals surface area contributed by atoms with Gasteiger partial charge < -0.3 is 16.4 Å². The van der Waals surface area contributed by atoms with Gasteiger partial charge in [-0.05, 0) is 25.0 Å². The third-order valence-electron chi connectivity index (χ3n) is 2.92. The van der Waals surface area contributed by atoms with E-state index in [-0.39, 0.29) is 11.9 Å². The van der Waals surface area contributed by atoms with Crippen LogP contribution in [-0.2, 0) is 11.3 Å². The molecule has 1 amide bonds. The molecule has 0 aliphatic rings. The predicted octanol–water partition coefficient (Wildman–Crippen LogP) is 1.66. The van der Waals surface area contributed by atoms with Gasteiger partial charge in [0.1, 0.15) is 0 Å². The highest BCUT2D eigenvalue weighted by Crippen LogP contribution is 2.09. The van der Waals surface area contributed by atoms with Gasteiger partial charge in [-0.3, -0.25) is 4.79 Å². The zero-order valence-electron chi connectivity index (χ0n) is 11.2. The molecule has 1 atom stereocenters. The van der Waals surface area contributed by atoms with Gasteiger partial charge >= 0.3 is 0 Å². The van der Waals surface area contributed by atoms with Crippen molar-refractivity contribution in [3.63, 3.8) is 0 Å². The Bertz CT molecular complexity index is 379. The first kappa shape index (κ1) is 14.5. The van der Waals surface area contributed by atoms with Crippen molar-refractivity contribution in [2.75, 3.05) is 12.3 Å². The fraction of sp³-hybridized carbons (Fsp3) is 0.500. The summed E-state index contributed by atoms with van der Waals surface area (Å²) in [6, 6.07) is 8.00. The maximum atomic E-state index is 11.5. The summed E-state index contributed by atoms with van der Waals surface area (Å²) in [5.41, 5.74) is 7.68. The number of carbonyl (C=O) groups excluding carboxylic acids is 1. The average Bonchev–Trinajstić information content (AvgIpc) is 2.36. The van der Waals surface area contributed by atoms with E-state index in [2.05, 4.69) is 17.6 Å². The molecule has 0 saturated heterocycles. The van der Waals surface area contributed by atoms with Crippen LogP contribution in [0.25, 0.3) is 0 Å². The molecule has 0 radical (unpaired) electrons. The summed E-state index contributed by atoms with van der Waals surface area (Å²) in [5.74, 6) is 0.0953. The van der Waals surface area contributed by atoms with Crippen molar-refractivity contribution in [2.45, 2.75) is 39.3 Å². The third kappa shape index (κ3) is 5.19. The lowest BCUT2D eigenvalue weighted by Gasteiger charge is -2.11. The van der Waals surface area contributed by atoms with E-state index in [1.165, 1.54) is 0 Å². The Hall–Kier alpha value is -1.55. The molecule has 0 aliphatic carbocycles. The maximum absolute atomic E-state index is 11.5. The van der Waals surface area contributed by atoms with Gasteiger partial charge in [-0.15, -0.1) is 0 Å². The van der Waals surface area contributed by atoms with Crippen LogP contribution in [0.15, 0.2) is 24.3 Å². The molecule has 1 rings (SSSR count). The number of anilines is 1. The second kappa shape index (κ2) is 7.71. The van der Waals surface area contributed by atoms with E-state index in [0.717, 1.165) is 17.7 Å². The monoisotopic (exact) mass is 249 g/mol. The summed E-state index contributed by atoms with van der Waals surface area (Å²) < 4.78 is 0. The van der Waals surface area contributed by atoms with Crippen molar-refractivity contribution in [3.8, 4) is 0 Å². The number of nitrogen functional groups attached to an aromatic ring is 1. The summed E-state index contributed by atoms with van der Waals surface area (Å²) in [6.45, 7) is 5.43. The van der Waals surface area contributed by atoms with Crippen LogP contribution in [0.1, 0.15) is 32.3 Å². The molecule has 18 heavy (non-hydrogen) atoms.